The number of nitrogens with zero attached hydrogens (tertiary/aromatic N) is 1. The van der Waals surface area contributed by atoms with Crippen molar-refractivity contribution < 1.29 is 26.4 Å². The van der Waals surface area contributed by atoms with Gasteiger partial charge in [0.05, 0.1) is 17.0 Å². The number of hydrogen-bond acceptors (Lipinski definition) is 3. The number of hydrogen-bond donors (Lipinski definition) is 1. The van der Waals surface area contributed by atoms with Crippen LogP contribution in [0.15, 0.2) is 24.3 Å². The minimum absolute atomic E-state index is 0.0429. The van der Waals surface area contributed by atoms with Crippen molar-refractivity contribution in [3.05, 3.63) is 29.8 Å². The second-order valence-corrected chi connectivity index (χ2v) is 6.10. The fourth-order valence-electron chi connectivity index (χ4n) is 1.46. The highest BCUT2D eigenvalue weighted by Gasteiger charge is 2.31. The summed E-state index contributed by atoms with van der Waals surface area (Å²) in [7, 11) is -3.81. The molecule has 0 aliphatic carbocycles. The van der Waals surface area contributed by atoms with E-state index in [4.69, 9.17) is 5.73 Å². The van der Waals surface area contributed by atoms with Crippen LogP contribution >= 0.6 is 0 Å². The lowest BCUT2D eigenvalue weighted by atomic mass is 10.2. The van der Waals surface area contributed by atoms with Crippen LogP contribution in [0.3, 0.4) is 0 Å². The number of rotatable bonds is 5. The van der Waals surface area contributed by atoms with Gasteiger partial charge < -0.3 is 5.73 Å². The molecule has 2 N–H and O–H groups in total. The Morgan fingerprint density at radius 1 is 1.25 bits per heavy atom. The summed E-state index contributed by atoms with van der Waals surface area (Å²) in [6.45, 7) is 0.731. The molecule has 0 saturated carbocycles. The molecule has 0 fully saturated rings. The minimum Gasteiger partial charge on any atom is -0.368 e. The van der Waals surface area contributed by atoms with Crippen LogP contribution in [0, 0.1) is 0 Å². The van der Waals surface area contributed by atoms with E-state index in [1.807, 2.05) is 0 Å². The zero-order chi connectivity index (χ0) is 15.6. The summed E-state index contributed by atoms with van der Waals surface area (Å²) in [6.07, 6.45) is -4.52. The average Bonchev–Trinajstić information content (AvgIpc) is 2.35. The maximum atomic E-state index is 12.4. The second kappa shape index (κ2) is 5.70. The number of carbonyl (C=O) groups excluding carboxylic acids is 1. The Bertz CT molecular complexity index is 582. The third-order valence-electron chi connectivity index (χ3n) is 2.48. The number of carbonyl (C=O) groups is 1. The maximum absolute atomic E-state index is 12.4. The lowest BCUT2D eigenvalue weighted by Crippen LogP contribution is -2.39. The Hall–Kier alpha value is -1.77. The molecule has 0 aliphatic rings. The van der Waals surface area contributed by atoms with Crippen molar-refractivity contribution in [2.24, 2.45) is 5.73 Å². The minimum atomic E-state index is -4.52. The molecule has 0 unspecified atom stereocenters. The van der Waals surface area contributed by atoms with Gasteiger partial charge in [-0.1, -0.05) is 0 Å². The first kappa shape index (κ1) is 16.3. The first-order valence-electron chi connectivity index (χ1n) is 5.54. The van der Waals surface area contributed by atoms with Gasteiger partial charge in [0.25, 0.3) is 0 Å². The highest BCUT2D eigenvalue weighted by molar-refractivity contribution is 7.92. The van der Waals surface area contributed by atoms with E-state index in [-0.39, 0.29) is 11.4 Å². The number of primary amides is 1. The van der Waals surface area contributed by atoms with Gasteiger partial charge in [-0.15, -0.1) is 0 Å². The van der Waals surface area contributed by atoms with E-state index in [1.54, 1.807) is 0 Å². The molecule has 1 aromatic carbocycles. The van der Waals surface area contributed by atoms with Gasteiger partial charge >= 0.3 is 6.18 Å². The summed E-state index contributed by atoms with van der Waals surface area (Å²) in [5, 5.41) is 0. The molecule has 0 spiro atoms. The van der Waals surface area contributed by atoms with Crippen LogP contribution in [0.5, 0.6) is 0 Å². The van der Waals surface area contributed by atoms with E-state index in [0.717, 1.165) is 24.3 Å². The molecule has 1 rings (SSSR count). The lowest BCUT2D eigenvalue weighted by molar-refractivity contribution is -0.137. The maximum Gasteiger partial charge on any atom is 0.416 e. The number of sulfonamides is 1. The van der Waals surface area contributed by atoms with Crippen LogP contribution in [0.25, 0.3) is 0 Å². The van der Waals surface area contributed by atoms with Crippen LogP contribution in [0.1, 0.15) is 12.5 Å². The van der Waals surface area contributed by atoms with Gasteiger partial charge in [-0.2, -0.15) is 13.2 Å². The number of halogens is 3. The van der Waals surface area contributed by atoms with Crippen molar-refractivity contribution >= 4 is 21.6 Å². The molecule has 0 bridgehead atoms. The molecule has 112 valence electrons. The van der Waals surface area contributed by atoms with E-state index >= 15 is 0 Å². The van der Waals surface area contributed by atoms with Gasteiger partial charge in [0.2, 0.25) is 15.9 Å². The first-order chi connectivity index (χ1) is 9.08. The smallest absolute Gasteiger partial charge is 0.368 e. The Morgan fingerprint density at radius 3 is 2.10 bits per heavy atom. The van der Waals surface area contributed by atoms with Crippen molar-refractivity contribution in [1.82, 2.24) is 0 Å². The largest absolute Gasteiger partial charge is 0.416 e. The van der Waals surface area contributed by atoms with E-state index in [1.165, 1.54) is 6.92 Å². The Kier molecular flexibility index (Phi) is 4.64. The van der Waals surface area contributed by atoms with Crippen LogP contribution in [0.4, 0.5) is 18.9 Å². The highest BCUT2D eigenvalue weighted by atomic mass is 32.2. The predicted octanol–water partition coefficient (Wildman–Crippen LogP) is 1.35. The zero-order valence-electron chi connectivity index (χ0n) is 10.5. The summed E-state index contributed by atoms with van der Waals surface area (Å²) >= 11 is 0. The van der Waals surface area contributed by atoms with Gasteiger partial charge in [-0.25, -0.2) is 8.42 Å². The molecule has 0 saturated heterocycles. The fraction of sp³-hybridized carbons (Fsp3) is 0.364. The summed E-state index contributed by atoms with van der Waals surface area (Å²) in [6, 6.07) is 3.46. The third-order valence-corrected chi connectivity index (χ3v) is 4.22. The number of anilines is 1. The van der Waals surface area contributed by atoms with Crippen LogP contribution in [-0.4, -0.2) is 26.6 Å². The topological polar surface area (TPSA) is 80.5 Å². The van der Waals surface area contributed by atoms with Crippen LogP contribution in [-0.2, 0) is 21.0 Å². The third kappa shape index (κ3) is 3.86. The summed E-state index contributed by atoms with van der Waals surface area (Å²) < 4.78 is 61.6. The van der Waals surface area contributed by atoms with Crippen molar-refractivity contribution in [1.29, 1.82) is 0 Å². The number of benzene rings is 1. The van der Waals surface area contributed by atoms with E-state index in [9.17, 15) is 26.4 Å². The Labute approximate surface area is 114 Å². The van der Waals surface area contributed by atoms with Crippen molar-refractivity contribution in [2.75, 3.05) is 16.6 Å². The second-order valence-electron chi connectivity index (χ2n) is 3.92. The predicted molar refractivity (Wildman–Crippen MR) is 67.4 cm³/mol. The van der Waals surface area contributed by atoms with Crippen LogP contribution < -0.4 is 10.0 Å². The van der Waals surface area contributed by atoms with Gasteiger partial charge in [-0.05, 0) is 31.2 Å². The van der Waals surface area contributed by atoms with E-state index in [0.29, 0.717) is 4.31 Å². The molecule has 0 aliphatic heterocycles. The molecule has 9 heteroatoms. The zero-order valence-corrected chi connectivity index (χ0v) is 11.3. The van der Waals surface area contributed by atoms with Crippen molar-refractivity contribution in [3.8, 4) is 0 Å². The first-order valence-corrected chi connectivity index (χ1v) is 7.15. The summed E-state index contributed by atoms with van der Waals surface area (Å²) in [5.41, 5.74) is 4.01. The van der Waals surface area contributed by atoms with Gasteiger partial charge in [0, 0.05) is 0 Å². The lowest BCUT2D eigenvalue weighted by Gasteiger charge is -2.22. The van der Waals surface area contributed by atoms with Gasteiger partial charge in [-0.3, -0.25) is 9.10 Å². The molecule has 0 atom stereocenters. The molecule has 1 amide bonds. The monoisotopic (exact) mass is 310 g/mol. The number of alkyl halides is 3. The molecule has 0 radical (unpaired) electrons. The molecule has 1 aromatic rings. The number of nitrogens with two attached hydrogens (primary N) is 1. The fourth-order valence-corrected chi connectivity index (χ4v) is 2.54. The standard InChI is InChI=1S/C11H13F3N2O3S/c1-2-20(18,19)16(7-10(15)17)9-5-3-8(4-6-9)11(12,13)14/h3-6H,2,7H2,1H3,(H2,15,17). The average molecular weight is 310 g/mol. The quantitative estimate of drug-likeness (QED) is 0.891. The van der Waals surface area contributed by atoms with Crippen molar-refractivity contribution in [2.45, 2.75) is 13.1 Å². The summed E-state index contributed by atoms with van der Waals surface area (Å²) in [4.78, 5) is 10.9. The van der Waals surface area contributed by atoms with Gasteiger partial charge in [0.1, 0.15) is 6.54 Å². The molecule has 20 heavy (non-hydrogen) atoms. The molecule has 0 heterocycles. The Morgan fingerprint density at radius 2 is 1.75 bits per heavy atom. The normalized spacial score (nSPS) is 12.2. The van der Waals surface area contributed by atoms with Crippen molar-refractivity contribution in [3.63, 3.8) is 0 Å². The van der Waals surface area contributed by atoms with E-state index < -0.39 is 34.2 Å². The summed E-state index contributed by atoms with van der Waals surface area (Å²) in [5.74, 6) is -1.21. The highest BCUT2D eigenvalue weighted by Crippen LogP contribution is 2.31. The molecular weight excluding hydrogens is 297 g/mol. The molecular formula is C11H13F3N2O3S. The number of amides is 1. The van der Waals surface area contributed by atoms with Gasteiger partial charge in [0.15, 0.2) is 0 Å². The SMILES string of the molecule is CCS(=O)(=O)N(CC(N)=O)c1ccc(C(F)(F)F)cc1. The van der Waals surface area contributed by atoms with Crippen LogP contribution in [0.2, 0.25) is 0 Å². The molecule has 0 aromatic heterocycles. The molecule has 5 nitrogen and oxygen atoms in total. The van der Waals surface area contributed by atoms with E-state index in [2.05, 4.69) is 0 Å². The Balaban J connectivity index is 3.19.